The van der Waals surface area contributed by atoms with Crippen molar-refractivity contribution < 1.29 is 9.47 Å². The van der Waals surface area contributed by atoms with Crippen LogP contribution in [0.2, 0.25) is 0 Å². The monoisotopic (exact) mass is 460 g/mol. The topological polar surface area (TPSA) is 80.6 Å². The number of hydrogen-bond donors (Lipinski definition) is 4. The molecule has 1 unspecified atom stereocenters. The third-order valence-corrected chi connectivity index (χ3v) is 4.29. The highest BCUT2D eigenvalue weighted by Crippen LogP contribution is 2.10. The van der Waals surface area contributed by atoms with E-state index in [0.717, 1.165) is 16.8 Å². The summed E-state index contributed by atoms with van der Waals surface area (Å²) in [5, 5.41) is 2.91. The number of nitrogens with one attached hydrogen (secondary N) is 3. The molecular formula is C28H36N4O2. The Morgan fingerprint density at radius 1 is 1.15 bits per heavy atom. The number of rotatable bonds is 15. The zero-order chi connectivity index (χ0) is 25.2. The molecule has 0 aromatic heterocycles. The third-order valence-electron chi connectivity index (χ3n) is 4.29. The van der Waals surface area contributed by atoms with Crippen LogP contribution in [0.25, 0.3) is 0 Å². The van der Waals surface area contributed by atoms with Gasteiger partial charge in [-0.2, -0.15) is 0 Å². The molecule has 0 saturated carbocycles. The van der Waals surface area contributed by atoms with Gasteiger partial charge in [-0.25, -0.2) is 5.43 Å². The van der Waals surface area contributed by atoms with Crippen LogP contribution in [0, 0.1) is 0 Å². The van der Waals surface area contributed by atoms with Gasteiger partial charge in [0.1, 0.15) is 18.1 Å². The molecule has 180 valence electrons. The van der Waals surface area contributed by atoms with Crippen LogP contribution < -0.4 is 21.9 Å². The minimum atomic E-state index is 0.00463. The van der Waals surface area contributed by atoms with Gasteiger partial charge in [0.2, 0.25) is 0 Å². The molecule has 6 nitrogen and oxygen atoms in total. The Morgan fingerprint density at radius 3 is 2.59 bits per heavy atom. The van der Waals surface area contributed by atoms with Crippen LogP contribution in [0.1, 0.15) is 0 Å². The summed E-state index contributed by atoms with van der Waals surface area (Å²) < 4.78 is 11.1. The highest BCUT2D eigenvalue weighted by Gasteiger charge is 2.08. The van der Waals surface area contributed by atoms with E-state index in [9.17, 15) is 0 Å². The molecule has 34 heavy (non-hydrogen) atoms. The number of hydrazine groups is 1. The smallest absolute Gasteiger partial charge is 0.122 e. The van der Waals surface area contributed by atoms with Crippen molar-refractivity contribution in [3.8, 4) is 0 Å². The Labute approximate surface area is 203 Å². The Morgan fingerprint density at radius 2 is 1.94 bits per heavy atom. The Hall–Kier alpha value is -4.16. The van der Waals surface area contributed by atoms with Crippen molar-refractivity contribution in [2.45, 2.75) is 6.04 Å². The summed E-state index contributed by atoms with van der Waals surface area (Å²) in [5.41, 5.74) is 15.5. The highest BCUT2D eigenvalue weighted by atomic mass is 16.5. The van der Waals surface area contributed by atoms with Gasteiger partial charge in [-0.3, -0.25) is 0 Å². The summed E-state index contributed by atoms with van der Waals surface area (Å²) >= 11 is 0. The molecule has 0 saturated heterocycles. The largest absolute Gasteiger partial charge is 0.497 e. The van der Waals surface area contributed by atoms with Crippen molar-refractivity contribution in [1.82, 2.24) is 16.2 Å². The quantitative estimate of drug-likeness (QED) is 0.213. The van der Waals surface area contributed by atoms with E-state index < -0.39 is 0 Å². The molecule has 0 aromatic rings. The second-order valence-electron chi connectivity index (χ2n) is 6.98. The van der Waals surface area contributed by atoms with Gasteiger partial charge >= 0.3 is 0 Å². The SMILES string of the molecule is C=C/C=C(C=C)/C=C(N)/C=C/C1=CC(/C=C/C=C(/C=C(\C=C)OCC(=C)/C=C\NC)OC)NN1. The molecule has 1 aliphatic heterocycles. The van der Waals surface area contributed by atoms with Crippen molar-refractivity contribution in [3.05, 3.63) is 146 Å². The van der Waals surface area contributed by atoms with Crippen molar-refractivity contribution >= 4 is 0 Å². The molecule has 0 aliphatic carbocycles. The first-order valence-electron chi connectivity index (χ1n) is 10.7. The van der Waals surface area contributed by atoms with Crippen molar-refractivity contribution in [2.75, 3.05) is 20.8 Å². The second-order valence-corrected chi connectivity index (χ2v) is 6.98. The van der Waals surface area contributed by atoms with Crippen LogP contribution in [0.5, 0.6) is 0 Å². The standard InChI is InChI=1S/C28H36N4O2/c1-7-11-23(8-2)18-24(29)14-15-26-19-25(31-32-26)12-10-13-28(33-6)20-27(9-3)34-21-22(4)16-17-30-5/h7-20,25,30-32H,1-4,21,29H2,5-6H3/b12-10+,15-14+,17-16-,23-11+,24-18-,27-20+,28-13-. The fraction of sp³-hybridized carbons (Fsp3) is 0.143. The predicted molar refractivity (Wildman–Crippen MR) is 144 cm³/mol. The molecule has 6 heteroatoms. The summed E-state index contributed by atoms with van der Waals surface area (Å²) in [6, 6.07) is 0.00463. The van der Waals surface area contributed by atoms with Crippen LogP contribution in [-0.2, 0) is 9.47 Å². The molecule has 0 radical (unpaired) electrons. The van der Waals surface area contributed by atoms with Crippen molar-refractivity contribution in [1.29, 1.82) is 0 Å². The molecule has 0 bridgehead atoms. The lowest BCUT2D eigenvalue weighted by molar-refractivity contribution is 0.249. The molecule has 1 heterocycles. The Balaban J connectivity index is 2.75. The number of methoxy groups -OCH3 is 1. The van der Waals surface area contributed by atoms with Gasteiger partial charge < -0.3 is 25.9 Å². The zero-order valence-electron chi connectivity index (χ0n) is 20.1. The van der Waals surface area contributed by atoms with E-state index in [1.807, 2.05) is 61.7 Å². The Kier molecular flexibility index (Phi) is 13.5. The van der Waals surface area contributed by atoms with E-state index in [1.54, 1.807) is 37.6 Å². The molecule has 0 aromatic carbocycles. The number of ether oxygens (including phenoxy) is 2. The molecular weight excluding hydrogens is 424 g/mol. The maximum absolute atomic E-state index is 6.04. The maximum Gasteiger partial charge on any atom is 0.122 e. The number of allylic oxidation sites excluding steroid dienone is 11. The van der Waals surface area contributed by atoms with Gasteiger partial charge in [0.25, 0.3) is 0 Å². The third kappa shape index (κ3) is 11.5. The summed E-state index contributed by atoms with van der Waals surface area (Å²) in [6.07, 6.45) is 25.6. The second kappa shape index (κ2) is 16.5. The van der Waals surface area contributed by atoms with Gasteiger partial charge in [0.05, 0.1) is 13.2 Å². The molecule has 1 atom stereocenters. The van der Waals surface area contributed by atoms with Crippen LogP contribution in [0.15, 0.2) is 146 Å². The van der Waals surface area contributed by atoms with E-state index in [2.05, 4.69) is 42.5 Å². The van der Waals surface area contributed by atoms with Crippen LogP contribution >= 0.6 is 0 Å². The van der Waals surface area contributed by atoms with Gasteiger partial charge in [0, 0.05) is 24.5 Å². The lowest BCUT2D eigenvalue weighted by Crippen LogP contribution is -2.30. The molecule has 0 fully saturated rings. The first kappa shape index (κ1) is 27.9. The lowest BCUT2D eigenvalue weighted by Gasteiger charge is -2.08. The minimum absolute atomic E-state index is 0.00463. The minimum Gasteiger partial charge on any atom is -0.497 e. The summed E-state index contributed by atoms with van der Waals surface area (Å²) in [6.45, 7) is 15.5. The average Bonchev–Trinajstić information content (AvgIpc) is 3.30. The fourth-order valence-corrected chi connectivity index (χ4v) is 2.55. The first-order valence-corrected chi connectivity index (χ1v) is 10.7. The molecule has 1 rings (SSSR count). The summed E-state index contributed by atoms with van der Waals surface area (Å²) in [4.78, 5) is 0. The highest BCUT2D eigenvalue weighted by molar-refractivity contribution is 5.39. The van der Waals surface area contributed by atoms with Gasteiger partial charge in [-0.05, 0) is 59.9 Å². The van der Waals surface area contributed by atoms with E-state index in [-0.39, 0.29) is 6.04 Å². The molecule has 5 N–H and O–H groups in total. The number of hydrogen-bond acceptors (Lipinski definition) is 6. The van der Waals surface area contributed by atoms with Crippen LogP contribution in [-0.4, -0.2) is 26.8 Å². The average molecular weight is 461 g/mol. The van der Waals surface area contributed by atoms with E-state index in [1.165, 1.54) is 0 Å². The van der Waals surface area contributed by atoms with E-state index in [4.69, 9.17) is 15.2 Å². The lowest BCUT2D eigenvalue weighted by atomic mass is 10.2. The van der Waals surface area contributed by atoms with E-state index >= 15 is 0 Å². The molecule has 0 spiro atoms. The van der Waals surface area contributed by atoms with Gasteiger partial charge in [-0.1, -0.05) is 56.7 Å². The van der Waals surface area contributed by atoms with E-state index in [0.29, 0.717) is 23.8 Å². The predicted octanol–water partition coefficient (Wildman–Crippen LogP) is 4.51. The zero-order valence-corrected chi connectivity index (χ0v) is 20.1. The van der Waals surface area contributed by atoms with Gasteiger partial charge in [-0.15, -0.1) is 0 Å². The maximum atomic E-state index is 6.04. The first-order chi connectivity index (χ1) is 16.4. The Bertz CT molecular complexity index is 972. The van der Waals surface area contributed by atoms with Gasteiger partial charge in [0.15, 0.2) is 0 Å². The summed E-state index contributed by atoms with van der Waals surface area (Å²) in [7, 11) is 3.42. The normalized spacial score (nSPS) is 17.6. The van der Waals surface area contributed by atoms with Crippen LogP contribution in [0.3, 0.4) is 0 Å². The number of nitrogens with two attached hydrogens (primary N) is 1. The summed E-state index contributed by atoms with van der Waals surface area (Å²) in [5.74, 6) is 1.21. The van der Waals surface area contributed by atoms with Crippen molar-refractivity contribution in [2.24, 2.45) is 5.73 Å². The molecule has 1 aliphatic rings. The fourth-order valence-electron chi connectivity index (χ4n) is 2.55. The van der Waals surface area contributed by atoms with Crippen LogP contribution in [0.4, 0.5) is 0 Å². The van der Waals surface area contributed by atoms with Crippen molar-refractivity contribution in [3.63, 3.8) is 0 Å². The molecule has 0 amide bonds.